The van der Waals surface area contributed by atoms with Crippen molar-refractivity contribution in [3.05, 3.63) is 17.0 Å². The summed E-state index contributed by atoms with van der Waals surface area (Å²) in [5.41, 5.74) is 0.533. The third-order valence-electron chi connectivity index (χ3n) is 2.49. The fourth-order valence-electron chi connectivity index (χ4n) is 1.77. The van der Waals surface area contributed by atoms with Crippen LogP contribution in [0.15, 0.2) is 11.4 Å². The van der Waals surface area contributed by atoms with Crippen molar-refractivity contribution in [3.8, 4) is 6.07 Å². The van der Waals surface area contributed by atoms with Crippen LogP contribution in [0.5, 0.6) is 0 Å². The summed E-state index contributed by atoms with van der Waals surface area (Å²) in [6, 6.07) is 3.79. The molecule has 4 nitrogen and oxygen atoms in total. The van der Waals surface area contributed by atoms with Crippen LogP contribution in [0, 0.1) is 11.3 Å². The van der Waals surface area contributed by atoms with Crippen molar-refractivity contribution >= 4 is 22.2 Å². The van der Waals surface area contributed by atoms with Crippen LogP contribution in [0.3, 0.4) is 0 Å². The molecular weight excluding hydrogens is 246 g/mol. The molecule has 0 atom stereocenters. The fraction of sp³-hybridized carbons (Fsp3) is 0.538. The molecule has 0 saturated heterocycles. The van der Waals surface area contributed by atoms with Crippen molar-refractivity contribution in [2.75, 3.05) is 25.0 Å². The van der Waals surface area contributed by atoms with Gasteiger partial charge < -0.3 is 5.32 Å². The predicted octanol–water partition coefficient (Wildman–Crippen LogP) is 2.68. The van der Waals surface area contributed by atoms with Gasteiger partial charge in [-0.3, -0.25) is 9.69 Å². The van der Waals surface area contributed by atoms with Crippen LogP contribution in [-0.2, 0) is 4.79 Å². The number of nitrogens with zero attached hydrogens (tertiary/aromatic N) is 2. The minimum atomic E-state index is -0.0455. The van der Waals surface area contributed by atoms with E-state index in [-0.39, 0.29) is 5.91 Å². The zero-order valence-electron chi connectivity index (χ0n) is 10.9. The van der Waals surface area contributed by atoms with E-state index in [1.807, 2.05) is 5.38 Å². The molecule has 0 fully saturated rings. The zero-order valence-corrected chi connectivity index (χ0v) is 11.7. The van der Waals surface area contributed by atoms with Crippen LogP contribution in [-0.4, -0.2) is 30.4 Å². The Morgan fingerprint density at radius 3 is 2.67 bits per heavy atom. The summed E-state index contributed by atoms with van der Waals surface area (Å²) < 4.78 is 0. The highest BCUT2D eigenvalue weighted by Gasteiger charge is 2.11. The minimum absolute atomic E-state index is 0.0455. The van der Waals surface area contributed by atoms with Crippen molar-refractivity contribution < 1.29 is 4.79 Å². The third-order valence-corrected chi connectivity index (χ3v) is 3.32. The summed E-state index contributed by atoms with van der Waals surface area (Å²) >= 11 is 1.38. The first-order chi connectivity index (χ1) is 8.71. The summed E-state index contributed by atoms with van der Waals surface area (Å²) in [5.74, 6) is -0.0455. The van der Waals surface area contributed by atoms with E-state index in [2.05, 4.69) is 30.1 Å². The van der Waals surface area contributed by atoms with Crippen LogP contribution < -0.4 is 5.32 Å². The molecule has 0 unspecified atom stereocenters. The average Bonchev–Trinajstić information content (AvgIpc) is 2.76. The Kier molecular flexibility index (Phi) is 6.40. The van der Waals surface area contributed by atoms with Crippen LogP contribution in [0.25, 0.3) is 0 Å². The van der Waals surface area contributed by atoms with Gasteiger partial charge in [0.25, 0.3) is 0 Å². The van der Waals surface area contributed by atoms with Crippen molar-refractivity contribution in [2.24, 2.45) is 0 Å². The molecule has 1 N–H and O–H groups in total. The van der Waals surface area contributed by atoms with E-state index in [9.17, 15) is 4.79 Å². The van der Waals surface area contributed by atoms with E-state index in [1.165, 1.54) is 11.3 Å². The topological polar surface area (TPSA) is 56.1 Å². The van der Waals surface area contributed by atoms with Gasteiger partial charge in [-0.15, -0.1) is 11.3 Å². The number of carbonyl (C=O) groups is 1. The maximum absolute atomic E-state index is 11.9. The minimum Gasteiger partial charge on any atom is -0.315 e. The van der Waals surface area contributed by atoms with Gasteiger partial charge in [0.2, 0.25) is 5.91 Å². The van der Waals surface area contributed by atoms with Gasteiger partial charge in [-0.2, -0.15) is 5.26 Å². The average molecular weight is 265 g/mol. The Balaban J connectivity index is 2.52. The summed E-state index contributed by atoms with van der Waals surface area (Å²) in [5, 5.41) is 14.1. The number of hydrogen-bond acceptors (Lipinski definition) is 4. The largest absolute Gasteiger partial charge is 0.315 e. The maximum Gasteiger partial charge on any atom is 0.239 e. The van der Waals surface area contributed by atoms with Gasteiger partial charge in [0, 0.05) is 0 Å². The molecule has 0 aromatic carbocycles. The molecule has 0 aliphatic carbocycles. The number of nitriles is 1. The molecule has 1 aromatic heterocycles. The van der Waals surface area contributed by atoms with Crippen LogP contribution in [0.1, 0.15) is 32.3 Å². The second kappa shape index (κ2) is 7.85. The van der Waals surface area contributed by atoms with E-state index in [4.69, 9.17) is 5.26 Å². The first kappa shape index (κ1) is 14.7. The number of carbonyl (C=O) groups excluding carboxylic acids is 1. The van der Waals surface area contributed by atoms with Gasteiger partial charge in [0.1, 0.15) is 11.1 Å². The molecule has 1 amide bonds. The smallest absolute Gasteiger partial charge is 0.239 e. The molecule has 0 aliphatic rings. The molecule has 0 radical (unpaired) electrons. The molecule has 18 heavy (non-hydrogen) atoms. The first-order valence-electron chi connectivity index (χ1n) is 6.21. The van der Waals surface area contributed by atoms with Crippen LogP contribution >= 0.6 is 11.3 Å². The Morgan fingerprint density at radius 2 is 2.11 bits per heavy atom. The normalized spacial score (nSPS) is 10.3. The highest BCUT2D eigenvalue weighted by molar-refractivity contribution is 7.14. The predicted molar refractivity (Wildman–Crippen MR) is 74.7 cm³/mol. The number of rotatable bonds is 7. The van der Waals surface area contributed by atoms with Gasteiger partial charge in [-0.25, -0.2) is 0 Å². The summed E-state index contributed by atoms with van der Waals surface area (Å²) in [6.07, 6.45) is 2.07. The Bertz CT molecular complexity index is 416. The Labute approximate surface area is 112 Å². The Morgan fingerprint density at radius 1 is 1.44 bits per heavy atom. The summed E-state index contributed by atoms with van der Waals surface area (Å²) in [7, 11) is 0. The van der Waals surface area contributed by atoms with Crippen LogP contribution in [0.4, 0.5) is 5.00 Å². The van der Waals surface area contributed by atoms with Gasteiger partial charge in [-0.05, 0) is 37.4 Å². The number of amides is 1. The number of nitrogens with one attached hydrogen (secondary N) is 1. The molecule has 1 rings (SSSR count). The van der Waals surface area contributed by atoms with Gasteiger partial charge in [0.15, 0.2) is 0 Å². The second-order valence-electron chi connectivity index (χ2n) is 4.10. The Hall–Kier alpha value is -1.38. The SMILES string of the molecule is CCCN(CCC)CC(=O)Nc1sccc1C#N. The van der Waals surface area contributed by atoms with Crippen LogP contribution in [0.2, 0.25) is 0 Å². The maximum atomic E-state index is 11.9. The number of anilines is 1. The quantitative estimate of drug-likeness (QED) is 0.824. The van der Waals surface area contributed by atoms with E-state index in [0.29, 0.717) is 17.1 Å². The van der Waals surface area contributed by atoms with E-state index in [0.717, 1.165) is 25.9 Å². The van der Waals surface area contributed by atoms with Crippen molar-refractivity contribution in [1.82, 2.24) is 4.90 Å². The van der Waals surface area contributed by atoms with Crippen molar-refractivity contribution in [3.63, 3.8) is 0 Å². The monoisotopic (exact) mass is 265 g/mol. The van der Waals surface area contributed by atoms with Crippen molar-refractivity contribution in [1.29, 1.82) is 5.26 Å². The number of hydrogen-bond donors (Lipinski definition) is 1. The lowest BCUT2D eigenvalue weighted by Crippen LogP contribution is -2.34. The van der Waals surface area contributed by atoms with Gasteiger partial charge in [-0.1, -0.05) is 13.8 Å². The van der Waals surface area contributed by atoms with Gasteiger partial charge in [0.05, 0.1) is 12.1 Å². The zero-order chi connectivity index (χ0) is 13.4. The van der Waals surface area contributed by atoms with E-state index in [1.54, 1.807) is 6.07 Å². The second-order valence-corrected chi connectivity index (χ2v) is 5.02. The molecule has 1 heterocycles. The number of thiophene rings is 1. The molecular formula is C13H19N3OS. The lowest BCUT2D eigenvalue weighted by atomic mass is 10.3. The van der Waals surface area contributed by atoms with E-state index < -0.39 is 0 Å². The highest BCUT2D eigenvalue weighted by Crippen LogP contribution is 2.21. The molecule has 0 saturated carbocycles. The molecule has 5 heteroatoms. The van der Waals surface area contributed by atoms with Crippen molar-refractivity contribution in [2.45, 2.75) is 26.7 Å². The van der Waals surface area contributed by atoms with Gasteiger partial charge >= 0.3 is 0 Å². The third kappa shape index (κ3) is 4.47. The summed E-state index contributed by atoms with van der Waals surface area (Å²) in [4.78, 5) is 14.0. The molecule has 0 bridgehead atoms. The van der Waals surface area contributed by atoms with E-state index >= 15 is 0 Å². The molecule has 0 aliphatic heterocycles. The highest BCUT2D eigenvalue weighted by atomic mass is 32.1. The fourth-order valence-corrected chi connectivity index (χ4v) is 2.52. The molecule has 0 spiro atoms. The lowest BCUT2D eigenvalue weighted by Gasteiger charge is -2.19. The molecule has 98 valence electrons. The standard InChI is InChI=1S/C13H19N3OS/c1-3-6-16(7-4-2)10-12(17)15-13-11(9-14)5-8-18-13/h5,8H,3-4,6-7,10H2,1-2H3,(H,15,17). The molecule has 1 aromatic rings. The summed E-state index contributed by atoms with van der Waals surface area (Å²) in [6.45, 7) is 6.46. The lowest BCUT2D eigenvalue weighted by molar-refractivity contribution is -0.117. The first-order valence-corrected chi connectivity index (χ1v) is 7.09.